The summed E-state index contributed by atoms with van der Waals surface area (Å²) in [4.78, 5) is 17.8. The van der Waals surface area contributed by atoms with Gasteiger partial charge in [-0.05, 0) is 55.8 Å². The summed E-state index contributed by atoms with van der Waals surface area (Å²) >= 11 is 0. The van der Waals surface area contributed by atoms with Crippen molar-refractivity contribution < 1.29 is 4.79 Å². The average Bonchev–Trinajstić information content (AvgIpc) is 3.25. The normalized spacial score (nSPS) is 22.8. The van der Waals surface area contributed by atoms with E-state index in [9.17, 15) is 4.79 Å². The smallest absolute Gasteiger partial charge is 0.224 e. The lowest BCUT2D eigenvalue weighted by atomic mass is 9.96. The summed E-state index contributed by atoms with van der Waals surface area (Å²) in [6.45, 7) is 7.14. The van der Waals surface area contributed by atoms with Crippen LogP contribution in [0.25, 0.3) is 0 Å². The minimum atomic E-state index is 0.137. The summed E-state index contributed by atoms with van der Waals surface area (Å²) in [5, 5.41) is 3.28. The molecule has 2 aromatic carbocycles. The van der Waals surface area contributed by atoms with Gasteiger partial charge in [0, 0.05) is 32.7 Å². The van der Waals surface area contributed by atoms with Gasteiger partial charge in [-0.15, -0.1) is 0 Å². The van der Waals surface area contributed by atoms with E-state index in [1.54, 1.807) is 0 Å². The molecule has 0 spiro atoms. The number of piperidine rings is 1. The Hall–Kier alpha value is -2.17. The zero-order valence-electron chi connectivity index (χ0n) is 18.0. The molecule has 2 fully saturated rings. The number of nitrogens with one attached hydrogen (secondary N) is 1. The van der Waals surface area contributed by atoms with Crippen molar-refractivity contribution >= 4 is 5.91 Å². The number of carbonyl (C=O) groups excluding carboxylic acids is 1. The predicted octanol–water partition coefficient (Wildman–Crippen LogP) is 3.58. The number of likely N-dealkylation sites (tertiary alicyclic amines) is 2. The third kappa shape index (κ3) is 6.16. The molecule has 2 unspecified atom stereocenters. The topological polar surface area (TPSA) is 35.6 Å². The summed E-state index contributed by atoms with van der Waals surface area (Å²) in [5.41, 5.74) is 2.74. The molecule has 1 amide bonds. The fraction of sp³-hybridized carbons (Fsp3) is 0.500. The van der Waals surface area contributed by atoms with Crippen LogP contribution in [-0.2, 0) is 17.8 Å². The molecule has 0 aliphatic carbocycles. The van der Waals surface area contributed by atoms with E-state index in [1.165, 1.54) is 17.5 Å². The molecular weight excluding hydrogens is 370 g/mol. The number of hydrogen-bond acceptors (Lipinski definition) is 3. The summed E-state index contributed by atoms with van der Waals surface area (Å²) in [6.07, 6.45) is 4.44. The molecule has 4 rings (SSSR count). The Balaban J connectivity index is 1.16. The first-order valence-electron chi connectivity index (χ1n) is 11.6. The van der Waals surface area contributed by atoms with E-state index in [0.29, 0.717) is 5.92 Å². The Bertz CT molecular complexity index is 779. The average molecular weight is 406 g/mol. The lowest BCUT2D eigenvalue weighted by Gasteiger charge is -2.32. The first kappa shape index (κ1) is 21.1. The standard InChI is InChI=1S/C26H35N3O/c30-26(25-12-7-15-29(21-25)19-23-10-5-2-6-11-23)27-18-24-14-17-28(20-24)16-13-22-8-3-1-4-9-22/h1-6,8-11,24-25H,7,12-21H2,(H,27,30). The van der Waals surface area contributed by atoms with Gasteiger partial charge in [0.15, 0.2) is 0 Å². The largest absolute Gasteiger partial charge is 0.355 e. The molecule has 0 bridgehead atoms. The molecule has 160 valence electrons. The van der Waals surface area contributed by atoms with E-state index in [0.717, 1.165) is 65.1 Å². The summed E-state index contributed by atoms with van der Waals surface area (Å²) in [6, 6.07) is 21.3. The number of amides is 1. The maximum absolute atomic E-state index is 12.8. The molecule has 4 nitrogen and oxygen atoms in total. The number of benzene rings is 2. The zero-order valence-corrected chi connectivity index (χ0v) is 18.0. The molecule has 0 saturated carbocycles. The Kier molecular flexibility index (Phi) is 7.54. The van der Waals surface area contributed by atoms with E-state index in [1.807, 2.05) is 0 Å². The van der Waals surface area contributed by atoms with Gasteiger partial charge < -0.3 is 10.2 Å². The fourth-order valence-electron chi connectivity index (χ4n) is 4.86. The second-order valence-corrected chi connectivity index (χ2v) is 9.00. The van der Waals surface area contributed by atoms with E-state index in [-0.39, 0.29) is 11.8 Å². The van der Waals surface area contributed by atoms with Crippen molar-refractivity contribution in [2.24, 2.45) is 11.8 Å². The van der Waals surface area contributed by atoms with Gasteiger partial charge in [-0.2, -0.15) is 0 Å². The summed E-state index contributed by atoms with van der Waals surface area (Å²) in [5.74, 6) is 0.988. The van der Waals surface area contributed by atoms with Gasteiger partial charge in [-0.25, -0.2) is 0 Å². The highest BCUT2D eigenvalue weighted by molar-refractivity contribution is 5.79. The first-order valence-corrected chi connectivity index (χ1v) is 11.6. The molecule has 0 aromatic heterocycles. The van der Waals surface area contributed by atoms with Gasteiger partial charge in [0.1, 0.15) is 0 Å². The Labute approximate surface area is 181 Å². The lowest BCUT2D eigenvalue weighted by Crippen LogP contribution is -2.44. The van der Waals surface area contributed by atoms with E-state index in [2.05, 4.69) is 75.8 Å². The molecular formula is C26H35N3O. The highest BCUT2D eigenvalue weighted by atomic mass is 16.1. The van der Waals surface area contributed by atoms with E-state index in [4.69, 9.17) is 0 Å². The molecule has 2 aliphatic rings. The van der Waals surface area contributed by atoms with Gasteiger partial charge >= 0.3 is 0 Å². The Morgan fingerprint density at radius 3 is 2.37 bits per heavy atom. The molecule has 2 aliphatic heterocycles. The molecule has 2 atom stereocenters. The number of hydrogen-bond donors (Lipinski definition) is 1. The van der Waals surface area contributed by atoms with Gasteiger partial charge in [-0.1, -0.05) is 60.7 Å². The fourth-order valence-corrected chi connectivity index (χ4v) is 4.86. The quantitative estimate of drug-likeness (QED) is 0.729. The van der Waals surface area contributed by atoms with E-state index < -0.39 is 0 Å². The van der Waals surface area contributed by atoms with Crippen LogP contribution >= 0.6 is 0 Å². The molecule has 30 heavy (non-hydrogen) atoms. The number of nitrogens with zero attached hydrogens (tertiary/aromatic N) is 2. The predicted molar refractivity (Wildman–Crippen MR) is 122 cm³/mol. The van der Waals surface area contributed by atoms with Crippen molar-refractivity contribution in [2.75, 3.05) is 39.3 Å². The summed E-state index contributed by atoms with van der Waals surface area (Å²) in [7, 11) is 0. The second-order valence-electron chi connectivity index (χ2n) is 9.00. The molecule has 2 aromatic rings. The van der Waals surface area contributed by atoms with Gasteiger partial charge in [-0.3, -0.25) is 9.69 Å². The summed E-state index contributed by atoms with van der Waals surface area (Å²) < 4.78 is 0. The second kappa shape index (κ2) is 10.7. The highest BCUT2D eigenvalue weighted by Gasteiger charge is 2.27. The van der Waals surface area contributed by atoms with Crippen LogP contribution in [0.1, 0.15) is 30.4 Å². The number of rotatable bonds is 8. The minimum absolute atomic E-state index is 0.137. The SMILES string of the molecule is O=C(NCC1CCN(CCc2ccccc2)C1)C1CCCN(Cc2ccccc2)C1. The Morgan fingerprint density at radius 1 is 0.867 bits per heavy atom. The molecule has 2 heterocycles. The van der Waals surface area contributed by atoms with Gasteiger partial charge in [0.2, 0.25) is 5.91 Å². The van der Waals surface area contributed by atoms with Crippen molar-refractivity contribution in [3.63, 3.8) is 0 Å². The van der Waals surface area contributed by atoms with Gasteiger partial charge in [0.05, 0.1) is 5.92 Å². The highest BCUT2D eigenvalue weighted by Crippen LogP contribution is 2.20. The van der Waals surface area contributed by atoms with Crippen LogP contribution in [0, 0.1) is 11.8 Å². The van der Waals surface area contributed by atoms with Crippen LogP contribution < -0.4 is 5.32 Å². The third-order valence-electron chi connectivity index (χ3n) is 6.62. The van der Waals surface area contributed by atoms with Crippen molar-refractivity contribution in [3.05, 3.63) is 71.8 Å². The Morgan fingerprint density at radius 2 is 1.60 bits per heavy atom. The van der Waals surface area contributed by atoms with Crippen LogP contribution in [0.15, 0.2) is 60.7 Å². The van der Waals surface area contributed by atoms with Crippen LogP contribution in [0.4, 0.5) is 0 Å². The molecule has 2 saturated heterocycles. The molecule has 1 N–H and O–H groups in total. The zero-order chi connectivity index (χ0) is 20.6. The van der Waals surface area contributed by atoms with Crippen molar-refractivity contribution in [2.45, 2.75) is 32.2 Å². The minimum Gasteiger partial charge on any atom is -0.355 e. The maximum atomic E-state index is 12.8. The van der Waals surface area contributed by atoms with Crippen LogP contribution in [0.3, 0.4) is 0 Å². The monoisotopic (exact) mass is 405 g/mol. The maximum Gasteiger partial charge on any atom is 0.224 e. The third-order valence-corrected chi connectivity index (χ3v) is 6.62. The lowest BCUT2D eigenvalue weighted by molar-refractivity contribution is -0.126. The van der Waals surface area contributed by atoms with Crippen molar-refractivity contribution in [3.8, 4) is 0 Å². The van der Waals surface area contributed by atoms with Crippen molar-refractivity contribution in [1.82, 2.24) is 15.1 Å². The van der Waals surface area contributed by atoms with Crippen molar-refractivity contribution in [1.29, 1.82) is 0 Å². The van der Waals surface area contributed by atoms with Crippen LogP contribution in [0.5, 0.6) is 0 Å². The number of carbonyl (C=O) groups is 1. The first-order chi connectivity index (χ1) is 14.8. The van der Waals surface area contributed by atoms with Crippen LogP contribution in [-0.4, -0.2) is 55.0 Å². The van der Waals surface area contributed by atoms with Gasteiger partial charge in [0.25, 0.3) is 0 Å². The molecule has 4 heteroatoms. The van der Waals surface area contributed by atoms with Crippen LogP contribution in [0.2, 0.25) is 0 Å². The molecule has 0 radical (unpaired) electrons. The van der Waals surface area contributed by atoms with E-state index >= 15 is 0 Å².